The molecule has 5 rings (SSSR count). The summed E-state index contributed by atoms with van der Waals surface area (Å²) in [5.41, 5.74) is 5.22. The molecule has 0 spiro atoms. The zero-order valence-corrected chi connectivity index (χ0v) is 18.4. The Bertz CT molecular complexity index is 999. The molecular formula is C26H31N5. The highest BCUT2D eigenvalue weighted by atomic mass is 15.3. The van der Waals surface area contributed by atoms with Crippen molar-refractivity contribution in [2.75, 3.05) is 36.5 Å². The van der Waals surface area contributed by atoms with Gasteiger partial charge in [0.15, 0.2) is 0 Å². The molecule has 3 heterocycles. The smallest absolute Gasteiger partial charge is 0.227 e. The molecule has 0 N–H and O–H groups in total. The van der Waals surface area contributed by atoms with Crippen molar-refractivity contribution in [1.82, 2.24) is 14.9 Å². The van der Waals surface area contributed by atoms with Crippen LogP contribution in [0.15, 0.2) is 60.7 Å². The molecule has 160 valence electrons. The molecule has 0 atom stereocenters. The maximum atomic E-state index is 5.12. The Kier molecular flexibility index (Phi) is 5.85. The fraction of sp³-hybridized carbons (Fsp3) is 0.385. The second-order valence-electron chi connectivity index (χ2n) is 8.75. The summed E-state index contributed by atoms with van der Waals surface area (Å²) in [6.07, 6.45) is 3.49. The lowest BCUT2D eigenvalue weighted by Gasteiger charge is -2.32. The van der Waals surface area contributed by atoms with Gasteiger partial charge in [0, 0.05) is 58.3 Å². The van der Waals surface area contributed by atoms with Gasteiger partial charge in [-0.1, -0.05) is 60.7 Å². The van der Waals surface area contributed by atoms with Crippen molar-refractivity contribution < 1.29 is 0 Å². The molecule has 0 aliphatic carbocycles. The average molecular weight is 414 g/mol. The normalized spacial score (nSPS) is 16.4. The predicted octanol–water partition coefficient (Wildman–Crippen LogP) is 4.27. The number of anilines is 2. The Morgan fingerprint density at radius 2 is 1.52 bits per heavy atom. The molecule has 0 amide bonds. The van der Waals surface area contributed by atoms with Crippen LogP contribution in [0.5, 0.6) is 0 Å². The van der Waals surface area contributed by atoms with Crippen molar-refractivity contribution in [3.63, 3.8) is 0 Å². The first-order chi connectivity index (χ1) is 15.3. The van der Waals surface area contributed by atoms with Crippen LogP contribution in [0.4, 0.5) is 11.8 Å². The van der Waals surface area contributed by atoms with E-state index in [2.05, 4.69) is 82.4 Å². The molecule has 1 aromatic heterocycles. The number of aromatic nitrogens is 2. The second kappa shape index (κ2) is 9.06. The fourth-order valence-corrected chi connectivity index (χ4v) is 4.71. The van der Waals surface area contributed by atoms with Crippen LogP contribution in [0.25, 0.3) is 0 Å². The predicted molar refractivity (Wildman–Crippen MR) is 126 cm³/mol. The average Bonchev–Trinajstić information content (AvgIpc) is 3.34. The van der Waals surface area contributed by atoms with Crippen molar-refractivity contribution in [3.8, 4) is 0 Å². The minimum atomic E-state index is 0.819. The summed E-state index contributed by atoms with van der Waals surface area (Å²) in [6, 6.07) is 21.3. The van der Waals surface area contributed by atoms with Crippen LogP contribution in [0, 0.1) is 0 Å². The van der Waals surface area contributed by atoms with E-state index in [4.69, 9.17) is 9.97 Å². The van der Waals surface area contributed by atoms with Crippen LogP contribution in [0.1, 0.15) is 35.2 Å². The maximum absolute atomic E-state index is 5.12. The van der Waals surface area contributed by atoms with E-state index in [1.807, 2.05) is 0 Å². The van der Waals surface area contributed by atoms with Crippen molar-refractivity contribution in [3.05, 3.63) is 83.0 Å². The van der Waals surface area contributed by atoms with Crippen molar-refractivity contribution in [1.29, 1.82) is 0 Å². The van der Waals surface area contributed by atoms with Crippen LogP contribution in [0.2, 0.25) is 0 Å². The van der Waals surface area contributed by atoms with Crippen molar-refractivity contribution in [2.24, 2.45) is 0 Å². The van der Waals surface area contributed by atoms with E-state index in [1.54, 1.807) is 0 Å². The number of fused-ring (bicyclic) bond motifs is 1. The highest BCUT2D eigenvalue weighted by Crippen LogP contribution is 2.31. The van der Waals surface area contributed by atoms with E-state index in [0.717, 1.165) is 57.5 Å². The Hall–Kier alpha value is -2.92. The highest BCUT2D eigenvalue weighted by molar-refractivity contribution is 5.54. The second-order valence-corrected chi connectivity index (χ2v) is 8.75. The topological polar surface area (TPSA) is 35.5 Å². The minimum Gasteiger partial charge on any atom is -0.356 e. The Morgan fingerprint density at radius 1 is 0.839 bits per heavy atom. The fourth-order valence-electron chi connectivity index (χ4n) is 4.71. The summed E-state index contributed by atoms with van der Waals surface area (Å²) in [5, 5.41) is 0. The third-order valence-corrected chi connectivity index (χ3v) is 6.36. The van der Waals surface area contributed by atoms with Gasteiger partial charge >= 0.3 is 0 Å². The molecule has 3 aromatic rings. The zero-order valence-electron chi connectivity index (χ0n) is 18.4. The number of hydrogen-bond acceptors (Lipinski definition) is 5. The SMILES string of the molecule is CN(Cc1ccccc1)c1nc2c(c(N3CCCC3)n1)CN(Cc1ccccc1)CC2. The summed E-state index contributed by atoms with van der Waals surface area (Å²) in [4.78, 5) is 17.4. The maximum Gasteiger partial charge on any atom is 0.227 e. The summed E-state index contributed by atoms with van der Waals surface area (Å²) < 4.78 is 0. The Morgan fingerprint density at radius 3 is 2.23 bits per heavy atom. The molecular weight excluding hydrogens is 382 g/mol. The molecule has 5 heteroatoms. The molecule has 1 fully saturated rings. The van der Waals surface area contributed by atoms with Crippen molar-refractivity contribution in [2.45, 2.75) is 38.9 Å². The standard InChI is InChI=1S/C26H31N5/c1-29(18-21-10-4-2-5-11-21)26-27-24-14-17-30(19-22-12-6-3-7-13-22)20-23(24)25(28-26)31-15-8-9-16-31/h2-7,10-13H,8-9,14-20H2,1H3. The summed E-state index contributed by atoms with van der Waals surface area (Å²) >= 11 is 0. The van der Waals surface area contributed by atoms with Crippen LogP contribution >= 0.6 is 0 Å². The largest absolute Gasteiger partial charge is 0.356 e. The molecule has 1 saturated heterocycles. The van der Waals surface area contributed by atoms with Gasteiger partial charge in [-0.2, -0.15) is 4.98 Å². The molecule has 0 radical (unpaired) electrons. The molecule has 0 unspecified atom stereocenters. The van der Waals surface area contributed by atoms with Gasteiger partial charge in [-0.3, -0.25) is 4.90 Å². The number of benzene rings is 2. The first kappa shape index (κ1) is 20.0. The van der Waals surface area contributed by atoms with Crippen LogP contribution < -0.4 is 9.80 Å². The van der Waals surface area contributed by atoms with Gasteiger partial charge < -0.3 is 9.80 Å². The zero-order chi connectivity index (χ0) is 21.0. The molecule has 2 aliphatic rings. The van der Waals surface area contributed by atoms with E-state index in [-0.39, 0.29) is 0 Å². The van der Waals surface area contributed by atoms with E-state index < -0.39 is 0 Å². The van der Waals surface area contributed by atoms with Gasteiger partial charge in [0.1, 0.15) is 5.82 Å². The van der Waals surface area contributed by atoms with E-state index >= 15 is 0 Å². The number of nitrogens with zero attached hydrogens (tertiary/aromatic N) is 5. The molecule has 2 aromatic carbocycles. The molecule has 5 nitrogen and oxygen atoms in total. The van der Waals surface area contributed by atoms with Gasteiger partial charge in [0.05, 0.1) is 5.69 Å². The molecule has 31 heavy (non-hydrogen) atoms. The lowest BCUT2D eigenvalue weighted by molar-refractivity contribution is 0.243. The van der Waals surface area contributed by atoms with Gasteiger partial charge in [0.25, 0.3) is 0 Å². The Labute approximate surface area is 185 Å². The minimum absolute atomic E-state index is 0.819. The summed E-state index contributed by atoms with van der Waals surface area (Å²) in [6.45, 7) is 5.97. The number of rotatable bonds is 6. The van der Waals surface area contributed by atoms with Gasteiger partial charge in [-0.25, -0.2) is 4.98 Å². The lowest BCUT2D eigenvalue weighted by atomic mass is 10.0. The molecule has 0 saturated carbocycles. The third-order valence-electron chi connectivity index (χ3n) is 6.36. The first-order valence-electron chi connectivity index (χ1n) is 11.4. The van der Waals surface area contributed by atoms with Crippen molar-refractivity contribution >= 4 is 11.8 Å². The number of hydrogen-bond donors (Lipinski definition) is 0. The first-order valence-corrected chi connectivity index (χ1v) is 11.4. The summed E-state index contributed by atoms with van der Waals surface area (Å²) in [7, 11) is 2.10. The summed E-state index contributed by atoms with van der Waals surface area (Å²) in [5.74, 6) is 2.01. The Balaban J connectivity index is 1.42. The van der Waals surface area contributed by atoms with Gasteiger partial charge in [0.2, 0.25) is 5.95 Å². The van der Waals surface area contributed by atoms with E-state index in [1.165, 1.54) is 35.2 Å². The monoisotopic (exact) mass is 413 g/mol. The lowest BCUT2D eigenvalue weighted by Crippen LogP contribution is -2.34. The van der Waals surface area contributed by atoms with E-state index in [0.29, 0.717) is 0 Å². The van der Waals surface area contributed by atoms with Gasteiger partial charge in [-0.05, 0) is 24.0 Å². The molecule has 2 aliphatic heterocycles. The quantitative estimate of drug-likeness (QED) is 0.603. The van der Waals surface area contributed by atoms with Gasteiger partial charge in [-0.15, -0.1) is 0 Å². The van der Waals surface area contributed by atoms with Crippen LogP contribution in [-0.4, -0.2) is 41.5 Å². The highest BCUT2D eigenvalue weighted by Gasteiger charge is 2.27. The van der Waals surface area contributed by atoms with E-state index in [9.17, 15) is 0 Å². The molecule has 0 bridgehead atoms. The third kappa shape index (κ3) is 4.57. The van der Waals surface area contributed by atoms with Crippen LogP contribution in [0.3, 0.4) is 0 Å². The van der Waals surface area contributed by atoms with Crippen LogP contribution in [-0.2, 0) is 26.1 Å².